The predicted molar refractivity (Wildman–Crippen MR) is 204 cm³/mol. The van der Waals surface area contributed by atoms with E-state index in [2.05, 4.69) is 41.3 Å². The molecule has 0 unspecified atom stereocenters. The zero-order valence-corrected chi connectivity index (χ0v) is 31.0. The highest BCUT2D eigenvalue weighted by molar-refractivity contribution is 6.31. The third-order valence-corrected chi connectivity index (χ3v) is 12.0. The van der Waals surface area contributed by atoms with Gasteiger partial charge in [0.25, 0.3) is 0 Å². The molecule has 3 N–H and O–H groups in total. The highest BCUT2D eigenvalue weighted by Gasteiger charge is 2.61. The molecule has 8 rings (SSSR count). The average molecular weight is 743 g/mol. The lowest BCUT2D eigenvalue weighted by Crippen LogP contribution is -2.50. The van der Waals surface area contributed by atoms with Crippen molar-refractivity contribution in [3.8, 4) is 29.6 Å². The second-order valence-corrected chi connectivity index (χ2v) is 15.0. The van der Waals surface area contributed by atoms with Gasteiger partial charge < -0.3 is 29.9 Å². The molecule has 12 heteroatoms. The molecule has 280 valence electrons. The molecule has 0 spiro atoms. The van der Waals surface area contributed by atoms with Crippen LogP contribution in [0.25, 0.3) is 0 Å². The number of amidine groups is 1. The molecule has 0 radical (unpaired) electrons. The van der Waals surface area contributed by atoms with Crippen LogP contribution in [0.15, 0.2) is 65.7 Å². The number of halogens is 1. The summed E-state index contributed by atoms with van der Waals surface area (Å²) in [5, 5.41) is 32.3. The second-order valence-electron chi connectivity index (χ2n) is 14.6. The van der Waals surface area contributed by atoms with Crippen molar-refractivity contribution in [1.82, 2.24) is 10.2 Å². The van der Waals surface area contributed by atoms with Crippen LogP contribution in [0.3, 0.4) is 0 Å². The van der Waals surface area contributed by atoms with E-state index < -0.39 is 29.5 Å². The first-order valence-electron chi connectivity index (χ1n) is 18.3. The maximum atomic E-state index is 11.0. The van der Waals surface area contributed by atoms with Gasteiger partial charge in [-0.3, -0.25) is 14.9 Å². The lowest BCUT2D eigenvalue weighted by molar-refractivity contribution is -0.478. The summed E-state index contributed by atoms with van der Waals surface area (Å²) in [6, 6.07) is 20.1. The van der Waals surface area contributed by atoms with Crippen LogP contribution in [0.5, 0.6) is 17.2 Å². The van der Waals surface area contributed by atoms with Crippen molar-refractivity contribution in [3.63, 3.8) is 0 Å². The number of piperazine rings is 1. The second kappa shape index (κ2) is 16.2. The van der Waals surface area contributed by atoms with E-state index in [4.69, 9.17) is 37.6 Å². The summed E-state index contributed by atoms with van der Waals surface area (Å²) >= 11 is 6.20. The van der Waals surface area contributed by atoms with Crippen molar-refractivity contribution in [2.45, 2.75) is 63.4 Å². The van der Waals surface area contributed by atoms with E-state index in [1.54, 1.807) is 7.11 Å². The number of hydrogen-bond donors (Lipinski definition) is 3. The molecule has 0 bridgehead atoms. The van der Waals surface area contributed by atoms with Gasteiger partial charge in [-0.2, -0.15) is 0 Å². The standard InChI is InChI=1S/C21H26O2.C17H16ClN3O.C3H5NO4/c1-4-21(22)12-10-19-18-7-5-14-13-15(23-3)6-8-16(14)17(18)9-11-20(19,21)2;18-12-5-6-15-13(11-12)17(21-9-7-19-8-10-21)20-14-3-1-2-4-16(14)22-15;5-3(6)1-2-4(7)8/h1,6,8,13,17-19,22H,5,7,9-12H2,2-3H3;1-6,11,19H,7-10H2;1-2H2,(H,5,6)/t17-,18-,19+,20+,21+;;/m1../s1. The van der Waals surface area contributed by atoms with Gasteiger partial charge in [0.2, 0.25) is 6.54 Å². The molecule has 5 aliphatic rings. The van der Waals surface area contributed by atoms with E-state index in [-0.39, 0.29) is 5.41 Å². The number of carboxylic acid groups (broad SMARTS) is 1. The third-order valence-electron chi connectivity index (χ3n) is 11.7. The van der Waals surface area contributed by atoms with Gasteiger partial charge in [-0.15, -0.1) is 6.42 Å². The van der Waals surface area contributed by atoms with E-state index in [9.17, 15) is 20.0 Å². The van der Waals surface area contributed by atoms with Crippen molar-refractivity contribution < 1.29 is 29.4 Å². The fraction of sp³-hybridized carbons (Fsp3) is 0.463. The van der Waals surface area contributed by atoms with Crippen LogP contribution in [0.1, 0.15) is 68.1 Å². The van der Waals surface area contributed by atoms with Crippen LogP contribution < -0.4 is 14.8 Å². The molecule has 1 saturated heterocycles. The summed E-state index contributed by atoms with van der Waals surface area (Å²) in [5.41, 5.74) is 3.77. The van der Waals surface area contributed by atoms with Crippen LogP contribution >= 0.6 is 11.6 Å². The monoisotopic (exact) mass is 742 g/mol. The van der Waals surface area contributed by atoms with Crippen LogP contribution in [-0.4, -0.2) is 77.3 Å². The number of rotatable bonds is 4. The van der Waals surface area contributed by atoms with Crippen LogP contribution in [0.2, 0.25) is 5.02 Å². The van der Waals surface area contributed by atoms with E-state index in [0.717, 1.165) is 92.6 Å². The number of fused-ring (bicyclic) bond motifs is 7. The molecule has 3 aliphatic carbocycles. The fourth-order valence-corrected chi connectivity index (χ4v) is 9.11. The number of aliphatic imine (C=N–C) groups is 1. The van der Waals surface area contributed by atoms with Crippen molar-refractivity contribution in [1.29, 1.82) is 0 Å². The summed E-state index contributed by atoms with van der Waals surface area (Å²) in [6.07, 6.45) is 11.7. The molecule has 5 atom stereocenters. The maximum Gasteiger partial charge on any atom is 0.310 e. The van der Waals surface area contributed by atoms with Crippen molar-refractivity contribution in [2.75, 3.05) is 39.8 Å². The van der Waals surface area contributed by atoms with Gasteiger partial charge in [0.1, 0.15) is 35.0 Å². The molecule has 3 fully saturated rings. The molecule has 2 aliphatic heterocycles. The van der Waals surface area contributed by atoms with Crippen LogP contribution in [-0.2, 0) is 11.2 Å². The molecule has 0 aromatic heterocycles. The minimum absolute atomic E-state index is 0.104. The SMILES string of the molecule is C#C[C@]1(O)CC[C@H]2[C@@H]3CCc4cc(OC)ccc4[C@H]3CC[C@@]21C.Clc1ccc2c(c1)C(N1CCNCC1)=Nc1ccccc1O2.O=C(O)CC[N+](=O)[O-]. The van der Waals surface area contributed by atoms with E-state index in [1.165, 1.54) is 17.5 Å². The number of nitrogens with zero attached hydrogens (tertiary/aromatic N) is 3. The molecule has 2 saturated carbocycles. The first kappa shape index (κ1) is 38.1. The number of carbonyl (C=O) groups is 1. The lowest BCUT2D eigenvalue weighted by atomic mass is 9.53. The van der Waals surface area contributed by atoms with Crippen LogP contribution in [0.4, 0.5) is 5.69 Å². The number of para-hydroxylation sites is 2. The van der Waals surface area contributed by atoms with E-state index in [0.29, 0.717) is 22.8 Å². The topological polar surface area (TPSA) is 147 Å². The van der Waals surface area contributed by atoms with E-state index >= 15 is 0 Å². The third kappa shape index (κ3) is 8.00. The van der Waals surface area contributed by atoms with Gasteiger partial charge in [-0.25, -0.2) is 4.99 Å². The highest BCUT2D eigenvalue weighted by Crippen LogP contribution is 2.64. The number of nitro groups is 1. The molecule has 3 aromatic rings. The Bertz CT molecular complexity index is 1890. The molecular formula is C41H47ClN4O7. The Kier molecular flexibility index (Phi) is 11.6. The Balaban J connectivity index is 0.000000152. The Morgan fingerprint density at radius 1 is 1.13 bits per heavy atom. The summed E-state index contributed by atoms with van der Waals surface area (Å²) in [5.74, 6) is 6.93. The minimum Gasteiger partial charge on any atom is -0.497 e. The number of aliphatic carboxylic acids is 1. The van der Waals surface area contributed by atoms with E-state index in [1.807, 2.05) is 42.5 Å². The minimum atomic E-state index is -1.14. The number of benzene rings is 3. The smallest absolute Gasteiger partial charge is 0.310 e. The first-order valence-corrected chi connectivity index (χ1v) is 18.7. The number of ether oxygens (including phenoxy) is 2. The Labute approximate surface area is 315 Å². The van der Waals surface area contributed by atoms with Gasteiger partial charge >= 0.3 is 5.97 Å². The van der Waals surface area contributed by atoms with Gasteiger partial charge in [0, 0.05) is 41.5 Å². The van der Waals surface area contributed by atoms with Gasteiger partial charge in [0.15, 0.2) is 5.75 Å². The highest BCUT2D eigenvalue weighted by atomic mass is 35.5. The zero-order valence-electron chi connectivity index (χ0n) is 30.2. The maximum absolute atomic E-state index is 11.0. The Morgan fingerprint density at radius 3 is 2.60 bits per heavy atom. The quantitative estimate of drug-likeness (QED) is 0.145. The van der Waals surface area contributed by atoms with Crippen molar-refractivity contribution >= 4 is 29.1 Å². The molecule has 11 nitrogen and oxygen atoms in total. The first-order chi connectivity index (χ1) is 25.5. The predicted octanol–water partition coefficient (Wildman–Crippen LogP) is 7.08. The fourth-order valence-electron chi connectivity index (χ4n) is 8.94. The summed E-state index contributed by atoms with van der Waals surface area (Å²) in [4.78, 5) is 25.6. The number of methoxy groups -OCH3 is 1. The zero-order chi connectivity index (χ0) is 37.8. The lowest BCUT2D eigenvalue weighted by Gasteiger charge is -2.52. The molecule has 53 heavy (non-hydrogen) atoms. The number of hydrogen-bond acceptors (Lipinski definition) is 9. The van der Waals surface area contributed by atoms with Gasteiger partial charge in [0.05, 0.1) is 12.7 Å². The number of carboxylic acids is 1. The summed E-state index contributed by atoms with van der Waals surface area (Å²) in [7, 11) is 1.73. The summed E-state index contributed by atoms with van der Waals surface area (Å²) < 4.78 is 11.5. The molecule has 0 amide bonds. The Hall–Kier alpha value is -4.63. The molecule has 3 aromatic carbocycles. The van der Waals surface area contributed by atoms with Crippen molar-refractivity contribution in [3.05, 3.63) is 92.5 Å². The average Bonchev–Trinajstić information content (AvgIpc) is 3.33. The van der Waals surface area contributed by atoms with Gasteiger partial charge in [-0.1, -0.05) is 42.6 Å². The molecule has 2 heterocycles. The Morgan fingerprint density at radius 2 is 1.91 bits per heavy atom. The van der Waals surface area contributed by atoms with Gasteiger partial charge in [-0.05, 0) is 110 Å². The summed E-state index contributed by atoms with van der Waals surface area (Å²) in [6.45, 7) is 5.51. The number of aliphatic hydroxyl groups is 1. The van der Waals surface area contributed by atoms with Crippen molar-refractivity contribution in [2.24, 2.45) is 22.2 Å². The number of nitrogens with one attached hydrogen (secondary N) is 1. The number of terminal acetylenes is 1. The van der Waals surface area contributed by atoms with Crippen LogP contribution in [0, 0.1) is 39.7 Å². The normalized spacial score (nSPS) is 26.3. The largest absolute Gasteiger partial charge is 0.497 e. The number of aryl methyl sites for hydroxylation is 1. The molecular weight excluding hydrogens is 696 g/mol.